The Morgan fingerprint density at radius 3 is 2.48 bits per heavy atom. The molecule has 0 bridgehead atoms. The Kier molecular flexibility index (Phi) is 7.13. The van der Waals surface area contributed by atoms with E-state index in [1.54, 1.807) is 13.0 Å². The summed E-state index contributed by atoms with van der Waals surface area (Å²) in [7, 11) is -3.71. The summed E-state index contributed by atoms with van der Waals surface area (Å²) in [5.74, 6) is -0.720. The molecular formula is C20H28N2O6S. The Hall–Kier alpha value is -2.13. The molecule has 0 aromatic heterocycles. The lowest BCUT2D eigenvalue weighted by Gasteiger charge is -2.19. The molecule has 160 valence electrons. The number of hydrogen-bond donors (Lipinski definition) is 1. The number of hydrogen-bond acceptors (Lipinski definition) is 6. The van der Waals surface area contributed by atoms with Crippen LogP contribution in [0.2, 0.25) is 0 Å². The van der Waals surface area contributed by atoms with E-state index in [2.05, 4.69) is 5.32 Å². The molecule has 1 aliphatic carbocycles. The second-order valence-corrected chi connectivity index (χ2v) is 9.25. The first-order chi connectivity index (χ1) is 13.9. The Balaban J connectivity index is 1.69. The minimum atomic E-state index is -3.71. The maximum absolute atomic E-state index is 13.0. The molecule has 1 saturated heterocycles. The van der Waals surface area contributed by atoms with Crippen molar-refractivity contribution in [1.82, 2.24) is 4.31 Å². The molecule has 1 aromatic carbocycles. The fraction of sp³-hybridized carbons (Fsp3) is 0.600. The van der Waals surface area contributed by atoms with Crippen LogP contribution in [-0.4, -0.2) is 50.9 Å². The van der Waals surface area contributed by atoms with Crippen molar-refractivity contribution in [3.8, 4) is 5.75 Å². The number of esters is 1. The Morgan fingerprint density at radius 2 is 1.83 bits per heavy atom. The van der Waals surface area contributed by atoms with E-state index < -0.39 is 22.5 Å². The van der Waals surface area contributed by atoms with Gasteiger partial charge in [-0.05, 0) is 50.8 Å². The second-order valence-electron chi connectivity index (χ2n) is 7.34. The van der Waals surface area contributed by atoms with E-state index in [-0.39, 0.29) is 22.5 Å². The Morgan fingerprint density at radius 1 is 1.14 bits per heavy atom. The molecule has 1 N–H and O–H groups in total. The molecule has 0 atom stereocenters. The molecule has 29 heavy (non-hydrogen) atoms. The van der Waals surface area contributed by atoms with Gasteiger partial charge in [-0.25, -0.2) is 8.42 Å². The van der Waals surface area contributed by atoms with E-state index >= 15 is 0 Å². The molecular weight excluding hydrogens is 396 g/mol. The molecule has 1 heterocycles. The van der Waals surface area contributed by atoms with Crippen LogP contribution in [0.1, 0.15) is 45.4 Å². The maximum atomic E-state index is 13.0. The molecule has 2 fully saturated rings. The predicted octanol–water partition coefficient (Wildman–Crippen LogP) is 2.54. The van der Waals surface area contributed by atoms with E-state index in [1.165, 1.54) is 16.4 Å². The van der Waals surface area contributed by atoms with Crippen LogP contribution in [0.5, 0.6) is 5.75 Å². The normalized spacial score (nSPS) is 18.0. The average Bonchev–Trinajstić information content (AvgIpc) is 3.41. The number of carbonyl (C=O) groups excluding carboxylic acids is 2. The summed E-state index contributed by atoms with van der Waals surface area (Å²) in [4.78, 5) is 24.2. The molecule has 3 rings (SSSR count). The lowest BCUT2D eigenvalue weighted by Crippen LogP contribution is -2.28. The zero-order valence-corrected chi connectivity index (χ0v) is 17.5. The molecule has 9 heteroatoms. The number of nitrogens with one attached hydrogen (secondary N) is 1. The zero-order chi connectivity index (χ0) is 20.9. The largest absolute Gasteiger partial charge is 0.492 e. The predicted molar refractivity (Wildman–Crippen MR) is 107 cm³/mol. The van der Waals surface area contributed by atoms with E-state index in [0.29, 0.717) is 25.4 Å². The number of anilines is 1. The number of carbonyl (C=O) groups is 2. The van der Waals surface area contributed by atoms with E-state index in [1.807, 2.05) is 0 Å². The summed E-state index contributed by atoms with van der Waals surface area (Å²) in [5, 5.41) is 2.61. The van der Waals surface area contributed by atoms with Gasteiger partial charge in [0.1, 0.15) is 10.6 Å². The first-order valence-electron chi connectivity index (χ1n) is 10.2. The monoisotopic (exact) mass is 424 g/mol. The summed E-state index contributed by atoms with van der Waals surface area (Å²) in [5.41, 5.74) is 0.313. The molecule has 1 saturated carbocycles. The molecule has 1 amide bonds. The standard InChI is InChI=1S/C20H28N2O6S/c1-2-27-17-10-9-16(13-18(17)29(25,26)22-11-5-6-12-22)21-19(23)14-28-20(24)15-7-3-4-8-15/h9-10,13,15H,2-8,11-12,14H2,1H3,(H,21,23). The third kappa shape index (κ3) is 5.27. The number of amides is 1. The lowest BCUT2D eigenvalue weighted by molar-refractivity contribution is -0.151. The van der Waals surface area contributed by atoms with Crippen molar-refractivity contribution in [1.29, 1.82) is 0 Å². The minimum Gasteiger partial charge on any atom is -0.492 e. The Bertz CT molecular complexity index is 843. The van der Waals surface area contributed by atoms with Crippen LogP contribution in [0.15, 0.2) is 23.1 Å². The minimum absolute atomic E-state index is 0.0296. The van der Waals surface area contributed by atoms with Crippen LogP contribution in [0.3, 0.4) is 0 Å². The lowest BCUT2D eigenvalue weighted by atomic mass is 10.1. The summed E-state index contributed by atoms with van der Waals surface area (Å²) in [6.45, 7) is 2.66. The van der Waals surface area contributed by atoms with Crippen LogP contribution < -0.4 is 10.1 Å². The van der Waals surface area contributed by atoms with Gasteiger partial charge in [-0.15, -0.1) is 0 Å². The highest BCUT2D eigenvalue weighted by atomic mass is 32.2. The van der Waals surface area contributed by atoms with Crippen molar-refractivity contribution in [2.45, 2.75) is 50.3 Å². The van der Waals surface area contributed by atoms with Crippen molar-refractivity contribution < 1.29 is 27.5 Å². The van der Waals surface area contributed by atoms with Crippen molar-refractivity contribution in [2.75, 3.05) is 31.6 Å². The van der Waals surface area contributed by atoms with Gasteiger partial charge < -0.3 is 14.8 Å². The van der Waals surface area contributed by atoms with E-state index in [0.717, 1.165) is 38.5 Å². The van der Waals surface area contributed by atoms with Gasteiger partial charge in [0.25, 0.3) is 5.91 Å². The van der Waals surface area contributed by atoms with Gasteiger partial charge in [-0.1, -0.05) is 12.8 Å². The summed E-state index contributed by atoms with van der Waals surface area (Å²) < 4.78 is 38.0. The highest BCUT2D eigenvalue weighted by Crippen LogP contribution is 2.31. The van der Waals surface area contributed by atoms with Crippen LogP contribution in [0.4, 0.5) is 5.69 Å². The van der Waals surface area contributed by atoms with Crippen molar-refractivity contribution in [2.24, 2.45) is 5.92 Å². The molecule has 0 radical (unpaired) electrons. The molecule has 0 spiro atoms. The topological polar surface area (TPSA) is 102 Å². The third-order valence-corrected chi connectivity index (χ3v) is 7.16. The summed E-state index contributed by atoms with van der Waals surface area (Å²) in [6.07, 6.45) is 5.27. The van der Waals surface area contributed by atoms with Gasteiger partial charge >= 0.3 is 5.97 Å². The fourth-order valence-corrected chi connectivity index (χ4v) is 5.42. The first kappa shape index (κ1) is 21.6. The van der Waals surface area contributed by atoms with Gasteiger partial charge in [-0.3, -0.25) is 9.59 Å². The fourth-order valence-electron chi connectivity index (χ4n) is 3.74. The van der Waals surface area contributed by atoms with Gasteiger partial charge in [-0.2, -0.15) is 4.31 Å². The highest BCUT2D eigenvalue weighted by Gasteiger charge is 2.30. The smallest absolute Gasteiger partial charge is 0.309 e. The average molecular weight is 425 g/mol. The van der Waals surface area contributed by atoms with Crippen molar-refractivity contribution >= 4 is 27.6 Å². The number of sulfonamides is 1. The SMILES string of the molecule is CCOc1ccc(NC(=O)COC(=O)C2CCCC2)cc1S(=O)(=O)N1CCCC1. The van der Waals surface area contributed by atoms with Crippen LogP contribution >= 0.6 is 0 Å². The number of rotatable bonds is 8. The molecule has 2 aliphatic rings. The molecule has 1 aliphatic heterocycles. The number of ether oxygens (including phenoxy) is 2. The third-order valence-electron chi connectivity index (χ3n) is 5.24. The van der Waals surface area contributed by atoms with E-state index in [9.17, 15) is 18.0 Å². The van der Waals surface area contributed by atoms with Gasteiger partial charge in [0.05, 0.1) is 12.5 Å². The van der Waals surface area contributed by atoms with Crippen LogP contribution in [0.25, 0.3) is 0 Å². The molecule has 1 aromatic rings. The highest BCUT2D eigenvalue weighted by molar-refractivity contribution is 7.89. The number of benzene rings is 1. The van der Waals surface area contributed by atoms with Gasteiger partial charge in [0.15, 0.2) is 6.61 Å². The Labute approximate surface area is 171 Å². The van der Waals surface area contributed by atoms with Crippen LogP contribution in [0, 0.1) is 5.92 Å². The maximum Gasteiger partial charge on any atom is 0.309 e. The second kappa shape index (κ2) is 9.58. The van der Waals surface area contributed by atoms with E-state index in [4.69, 9.17) is 9.47 Å². The van der Waals surface area contributed by atoms with Crippen molar-refractivity contribution in [3.63, 3.8) is 0 Å². The number of nitrogens with zero attached hydrogens (tertiary/aromatic N) is 1. The van der Waals surface area contributed by atoms with Crippen LogP contribution in [-0.2, 0) is 24.3 Å². The van der Waals surface area contributed by atoms with Gasteiger partial charge in [0.2, 0.25) is 10.0 Å². The first-order valence-corrected chi connectivity index (χ1v) is 11.6. The van der Waals surface area contributed by atoms with Crippen molar-refractivity contribution in [3.05, 3.63) is 18.2 Å². The summed E-state index contributed by atoms with van der Waals surface area (Å²) in [6, 6.07) is 4.51. The molecule has 8 nitrogen and oxygen atoms in total. The zero-order valence-electron chi connectivity index (χ0n) is 16.7. The summed E-state index contributed by atoms with van der Waals surface area (Å²) >= 11 is 0. The molecule has 0 unspecified atom stereocenters. The van der Waals surface area contributed by atoms with Gasteiger partial charge in [0, 0.05) is 18.8 Å². The quantitative estimate of drug-likeness (QED) is 0.644.